The average Bonchev–Trinajstić information content (AvgIpc) is 2.17. The molecule has 1 unspecified atom stereocenters. The minimum atomic E-state index is -0.615. The second kappa shape index (κ2) is 4.28. The van der Waals surface area contributed by atoms with Gasteiger partial charge in [-0.05, 0) is 18.4 Å². The molecule has 0 saturated heterocycles. The highest BCUT2D eigenvalue weighted by Crippen LogP contribution is 2.20. The summed E-state index contributed by atoms with van der Waals surface area (Å²) in [6, 6.07) is 6.80. The third-order valence-corrected chi connectivity index (χ3v) is 2.66. The Morgan fingerprint density at radius 3 is 2.31 bits per heavy atom. The van der Waals surface area contributed by atoms with Crippen LogP contribution in [0.5, 0.6) is 0 Å². The molecule has 0 spiro atoms. The zero-order chi connectivity index (χ0) is 9.84. The van der Waals surface area contributed by atoms with Gasteiger partial charge in [0.15, 0.2) is 0 Å². The molecule has 0 fully saturated rings. The van der Waals surface area contributed by atoms with Gasteiger partial charge in [-0.1, -0.05) is 12.1 Å². The van der Waals surface area contributed by atoms with Gasteiger partial charge >= 0.3 is 0 Å². The van der Waals surface area contributed by atoms with Crippen molar-refractivity contribution in [2.45, 2.75) is 17.9 Å². The van der Waals surface area contributed by atoms with Crippen molar-refractivity contribution in [3.63, 3.8) is 0 Å². The molecule has 0 bridgehead atoms. The second-order valence-electron chi connectivity index (χ2n) is 2.73. The molecule has 0 amide bonds. The molecule has 13 heavy (non-hydrogen) atoms. The van der Waals surface area contributed by atoms with E-state index < -0.39 is 6.04 Å². The highest BCUT2D eigenvalue weighted by molar-refractivity contribution is 7.98. The Labute approximate surface area is 81.3 Å². The maximum atomic E-state index is 10.5. The monoisotopic (exact) mass is 197 g/mol. The third-order valence-electron chi connectivity index (χ3n) is 1.91. The summed E-state index contributed by atoms with van der Waals surface area (Å²) in [4.78, 5) is 11.3. The lowest BCUT2D eigenvalue weighted by atomic mass is 10.1. The van der Waals surface area contributed by atoms with Crippen LogP contribution in [0, 0.1) is 10.1 Å². The summed E-state index contributed by atoms with van der Waals surface area (Å²) in [6.07, 6.45) is 1.98. The Morgan fingerprint density at radius 1 is 1.38 bits per heavy atom. The van der Waals surface area contributed by atoms with Crippen molar-refractivity contribution in [3.05, 3.63) is 39.9 Å². The first-order valence-corrected chi connectivity index (χ1v) is 5.15. The van der Waals surface area contributed by atoms with Gasteiger partial charge in [0.05, 0.1) is 0 Å². The molecule has 0 aliphatic heterocycles. The van der Waals surface area contributed by atoms with Crippen LogP contribution in [0.2, 0.25) is 0 Å². The van der Waals surface area contributed by atoms with E-state index in [-0.39, 0.29) is 4.92 Å². The van der Waals surface area contributed by atoms with Crippen LogP contribution in [0.3, 0.4) is 0 Å². The van der Waals surface area contributed by atoms with E-state index in [1.165, 1.54) is 0 Å². The van der Waals surface area contributed by atoms with Crippen molar-refractivity contribution in [2.75, 3.05) is 6.26 Å². The van der Waals surface area contributed by atoms with E-state index in [0.717, 1.165) is 10.5 Å². The molecular weight excluding hydrogens is 186 g/mol. The van der Waals surface area contributed by atoms with Crippen LogP contribution in [0.1, 0.15) is 18.5 Å². The molecule has 0 radical (unpaired) electrons. The lowest BCUT2D eigenvalue weighted by Gasteiger charge is -2.03. The predicted molar refractivity (Wildman–Crippen MR) is 53.6 cm³/mol. The van der Waals surface area contributed by atoms with Gasteiger partial charge in [-0.2, -0.15) is 0 Å². The highest BCUT2D eigenvalue weighted by atomic mass is 32.2. The summed E-state index contributed by atoms with van der Waals surface area (Å²) >= 11 is 1.63. The Hall–Kier alpha value is -1.03. The number of nitrogens with zero attached hydrogens (tertiary/aromatic N) is 1. The van der Waals surface area contributed by atoms with E-state index in [1.54, 1.807) is 30.8 Å². The average molecular weight is 197 g/mol. The minimum Gasteiger partial charge on any atom is -0.264 e. The fraction of sp³-hybridized carbons (Fsp3) is 0.333. The molecule has 0 aliphatic carbocycles. The summed E-state index contributed by atoms with van der Waals surface area (Å²) < 4.78 is 0. The highest BCUT2D eigenvalue weighted by Gasteiger charge is 2.14. The van der Waals surface area contributed by atoms with Gasteiger partial charge in [-0.25, -0.2) is 0 Å². The maximum absolute atomic E-state index is 10.5. The Kier molecular flexibility index (Phi) is 3.31. The van der Waals surface area contributed by atoms with Gasteiger partial charge < -0.3 is 0 Å². The van der Waals surface area contributed by atoms with Crippen LogP contribution >= 0.6 is 11.8 Å². The van der Waals surface area contributed by atoms with E-state index in [1.807, 2.05) is 18.4 Å². The fourth-order valence-corrected chi connectivity index (χ4v) is 1.41. The van der Waals surface area contributed by atoms with Crippen molar-refractivity contribution in [1.29, 1.82) is 0 Å². The van der Waals surface area contributed by atoms with E-state index in [2.05, 4.69) is 0 Å². The number of thioether (sulfide) groups is 1. The Bertz CT molecular complexity index is 297. The van der Waals surface area contributed by atoms with E-state index in [0.29, 0.717) is 0 Å². The van der Waals surface area contributed by atoms with Crippen molar-refractivity contribution >= 4 is 11.8 Å². The SMILES string of the molecule is CSc1ccc(C(C)[N+](=O)[O-])cc1. The second-order valence-corrected chi connectivity index (χ2v) is 3.61. The summed E-state index contributed by atoms with van der Waals surface area (Å²) in [6.45, 7) is 1.59. The first kappa shape index (κ1) is 10.1. The van der Waals surface area contributed by atoms with Crippen molar-refractivity contribution in [1.82, 2.24) is 0 Å². The number of nitro groups is 1. The maximum Gasteiger partial charge on any atom is 0.235 e. The van der Waals surface area contributed by atoms with Crippen molar-refractivity contribution in [2.24, 2.45) is 0 Å². The van der Waals surface area contributed by atoms with Gasteiger partial charge in [0.25, 0.3) is 0 Å². The number of hydrogen-bond acceptors (Lipinski definition) is 3. The predicted octanol–water partition coefficient (Wildman–Crippen LogP) is 2.75. The molecule has 70 valence electrons. The van der Waals surface area contributed by atoms with E-state index >= 15 is 0 Å². The number of rotatable bonds is 3. The zero-order valence-electron chi connectivity index (χ0n) is 7.56. The first-order chi connectivity index (χ1) is 6.15. The summed E-state index contributed by atoms with van der Waals surface area (Å²) in [7, 11) is 0. The van der Waals surface area contributed by atoms with Gasteiger partial charge in [-0.15, -0.1) is 11.8 Å². The molecule has 1 aromatic carbocycles. The van der Waals surface area contributed by atoms with Crippen LogP contribution in [-0.4, -0.2) is 11.2 Å². The lowest BCUT2D eigenvalue weighted by Crippen LogP contribution is -2.05. The van der Waals surface area contributed by atoms with Crippen LogP contribution in [0.25, 0.3) is 0 Å². The van der Waals surface area contributed by atoms with Crippen LogP contribution in [-0.2, 0) is 0 Å². The molecule has 4 heteroatoms. The lowest BCUT2D eigenvalue weighted by molar-refractivity contribution is -0.524. The van der Waals surface area contributed by atoms with Gasteiger partial charge in [0, 0.05) is 22.3 Å². The zero-order valence-corrected chi connectivity index (χ0v) is 8.38. The van der Waals surface area contributed by atoms with Gasteiger partial charge in [0.2, 0.25) is 6.04 Å². The first-order valence-electron chi connectivity index (χ1n) is 3.92. The molecule has 1 atom stereocenters. The minimum absolute atomic E-state index is 0.284. The van der Waals surface area contributed by atoms with Crippen LogP contribution in [0.15, 0.2) is 29.2 Å². The summed E-state index contributed by atoms with van der Waals surface area (Å²) in [5.41, 5.74) is 0.753. The fourth-order valence-electron chi connectivity index (χ4n) is 1.00. The normalized spacial score (nSPS) is 12.5. The molecule has 0 heterocycles. The van der Waals surface area contributed by atoms with E-state index in [4.69, 9.17) is 0 Å². The molecule has 1 aromatic rings. The Morgan fingerprint density at radius 2 is 1.92 bits per heavy atom. The molecule has 3 nitrogen and oxygen atoms in total. The van der Waals surface area contributed by atoms with Gasteiger partial charge in [0.1, 0.15) is 0 Å². The van der Waals surface area contributed by atoms with Gasteiger partial charge in [-0.3, -0.25) is 10.1 Å². The summed E-state index contributed by atoms with van der Waals surface area (Å²) in [5, 5.41) is 10.5. The largest absolute Gasteiger partial charge is 0.264 e. The van der Waals surface area contributed by atoms with Crippen molar-refractivity contribution < 1.29 is 4.92 Å². The standard InChI is InChI=1S/C9H11NO2S/c1-7(10(11)12)8-3-5-9(13-2)6-4-8/h3-7H,1-2H3. The van der Waals surface area contributed by atoms with Crippen molar-refractivity contribution in [3.8, 4) is 0 Å². The number of benzene rings is 1. The van der Waals surface area contributed by atoms with Crippen LogP contribution < -0.4 is 0 Å². The quantitative estimate of drug-likeness (QED) is 0.425. The number of hydrogen-bond donors (Lipinski definition) is 0. The Balaban J connectivity index is 2.85. The third kappa shape index (κ3) is 2.45. The molecular formula is C9H11NO2S. The smallest absolute Gasteiger partial charge is 0.235 e. The summed E-state index contributed by atoms with van der Waals surface area (Å²) in [5.74, 6) is 0. The molecule has 0 aromatic heterocycles. The topological polar surface area (TPSA) is 43.1 Å². The molecule has 0 N–H and O–H groups in total. The van der Waals surface area contributed by atoms with E-state index in [9.17, 15) is 10.1 Å². The molecule has 1 rings (SSSR count). The molecule has 0 saturated carbocycles. The molecule has 0 aliphatic rings. The van der Waals surface area contributed by atoms with Crippen LogP contribution in [0.4, 0.5) is 0 Å².